The van der Waals surface area contributed by atoms with Crippen molar-refractivity contribution in [3.8, 4) is 5.75 Å². The third kappa shape index (κ3) is 1.95. The lowest BCUT2D eigenvalue weighted by Gasteiger charge is -2.08. The van der Waals surface area contributed by atoms with E-state index < -0.39 is 12.8 Å². The number of aliphatic hydroxyl groups excluding tert-OH is 1. The Bertz CT molecular complexity index is 278. The molecule has 2 nitrogen and oxygen atoms in total. The van der Waals surface area contributed by atoms with Crippen LogP contribution in [0.1, 0.15) is 11.7 Å². The van der Waals surface area contributed by atoms with E-state index in [-0.39, 0.29) is 5.75 Å². The van der Waals surface area contributed by atoms with Gasteiger partial charge in [0.1, 0.15) is 18.5 Å². The summed E-state index contributed by atoms with van der Waals surface area (Å²) < 4.78 is 12.6. The van der Waals surface area contributed by atoms with Gasteiger partial charge in [-0.25, -0.2) is 4.39 Å². The predicted octanol–water partition coefficient (Wildman–Crippen LogP) is 2.16. The molecule has 1 aromatic carbocycles. The summed E-state index contributed by atoms with van der Waals surface area (Å²) in [6, 6.07) is 4.34. The third-order valence-corrected chi connectivity index (χ3v) is 2.21. The van der Waals surface area contributed by atoms with Crippen molar-refractivity contribution in [1.29, 1.82) is 0 Å². The maximum absolute atomic E-state index is 12.0. The van der Waals surface area contributed by atoms with Crippen molar-refractivity contribution in [2.45, 2.75) is 6.10 Å². The molecule has 0 radical (unpaired) electrons. The smallest absolute Gasteiger partial charge is 0.120 e. The second-order valence-electron chi connectivity index (χ2n) is 2.38. The van der Waals surface area contributed by atoms with Gasteiger partial charge in [-0.1, -0.05) is 15.9 Å². The van der Waals surface area contributed by atoms with Gasteiger partial charge in [-0.15, -0.1) is 0 Å². The molecule has 4 heteroatoms. The Labute approximate surface area is 77.8 Å². The molecule has 0 bridgehead atoms. The Morgan fingerprint density at radius 1 is 1.50 bits per heavy atom. The number of hydrogen-bond acceptors (Lipinski definition) is 2. The van der Waals surface area contributed by atoms with E-state index in [1.165, 1.54) is 12.1 Å². The van der Waals surface area contributed by atoms with Crippen LogP contribution in [-0.4, -0.2) is 16.9 Å². The normalized spacial score (nSPS) is 12.9. The molecule has 0 aliphatic heterocycles. The summed E-state index contributed by atoms with van der Waals surface area (Å²) in [5.41, 5.74) is 0.359. The minimum atomic E-state index is -1.17. The van der Waals surface area contributed by atoms with Gasteiger partial charge in [0, 0.05) is 10.0 Å². The first kappa shape index (κ1) is 9.48. The molecule has 66 valence electrons. The van der Waals surface area contributed by atoms with Crippen molar-refractivity contribution in [2.75, 3.05) is 6.67 Å². The van der Waals surface area contributed by atoms with Crippen LogP contribution in [0.2, 0.25) is 0 Å². The van der Waals surface area contributed by atoms with E-state index in [0.717, 1.165) is 0 Å². The molecule has 12 heavy (non-hydrogen) atoms. The van der Waals surface area contributed by atoms with Gasteiger partial charge in [0.05, 0.1) is 0 Å². The summed E-state index contributed by atoms with van der Waals surface area (Å²) in [6.07, 6.45) is -1.17. The summed E-state index contributed by atoms with van der Waals surface area (Å²) in [4.78, 5) is 0. The molecule has 0 aliphatic rings. The highest BCUT2D eigenvalue weighted by Crippen LogP contribution is 2.27. The van der Waals surface area contributed by atoms with E-state index in [0.29, 0.717) is 10.0 Å². The molecule has 0 spiro atoms. The van der Waals surface area contributed by atoms with Crippen LogP contribution in [0.4, 0.5) is 4.39 Å². The second kappa shape index (κ2) is 3.87. The lowest BCUT2D eigenvalue weighted by molar-refractivity contribution is 0.141. The first-order chi connectivity index (χ1) is 5.65. The molecule has 2 N–H and O–H groups in total. The zero-order valence-electron chi connectivity index (χ0n) is 6.17. The molecule has 0 saturated heterocycles. The zero-order valence-corrected chi connectivity index (χ0v) is 7.75. The van der Waals surface area contributed by atoms with Crippen LogP contribution in [0.5, 0.6) is 5.75 Å². The van der Waals surface area contributed by atoms with Crippen LogP contribution in [0.15, 0.2) is 22.7 Å². The minimum Gasteiger partial charge on any atom is -0.508 e. The molecular weight excluding hydrogens is 227 g/mol. The molecule has 1 aromatic rings. The number of phenols is 1. The first-order valence-electron chi connectivity index (χ1n) is 3.37. The highest BCUT2D eigenvalue weighted by molar-refractivity contribution is 9.10. The number of alkyl halides is 1. The van der Waals surface area contributed by atoms with Gasteiger partial charge in [-0.2, -0.15) is 0 Å². The Morgan fingerprint density at radius 2 is 2.17 bits per heavy atom. The van der Waals surface area contributed by atoms with Gasteiger partial charge in [0.2, 0.25) is 0 Å². The minimum absolute atomic E-state index is 0.0145. The van der Waals surface area contributed by atoms with Crippen LogP contribution < -0.4 is 0 Å². The Hall–Kier alpha value is -0.610. The first-order valence-corrected chi connectivity index (χ1v) is 4.17. The summed E-state index contributed by atoms with van der Waals surface area (Å²) in [5.74, 6) is 0.0145. The fourth-order valence-electron chi connectivity index (χ4n) is 0.870. The SMILES string of the molecule is Oc1ccc(Br)c([C@@H](O)CF)c1. The van der Waals surface area contributed by atoms with E-state index >= 15 is 0 Å². The van der Waals surface area contributed by atoms with Gasteiger partial charge in [0.25, 0.3) is 0 Å². The molecule has 0 heterocycles. The summed E-state index contributed by atoms with van der Waals surface area (Å²) >= 11 is 3.13. The molecule has 0 aromatic heterocycles. The summed E-state index contributed by atoms with van der Waals surface area (Å²) in [7, 11) is 0. The second-order valence-corrected chi connectivity index (χ2v) is 3.23. The van der Waals surface area contributed by atoms with E-state index in [1.807, 2.05) is 0 Å². The maximum atomic E-state index is 12.0. The van der Waals surface area contributed by atoms with Crippen LogP contribution in [-0.2, 0) is 0 Å². The number of aliphatic hydroxyl groups is 1. The molecule has 0 aliphatic carbocycles. The largest absolute Gasteiger partial charge is 0.508 e. The lowest BCUT2D eigenvalue weighted by atomic mass is 10.1. The van der Waals surface area contributed by atoms with Gasteiger partial charge < -0.3 is 10.2 Å². The van der Waals surface area contributed by atoms with Crippen molar-refractivity contribution in [1.82, 2.24) is 0 Å². The van der Waals surface area contributed by atoms with Crippen LogP contribution in [0, 0.1) is 0 Å². The fraction of sp³-hybridized carbons (Fsp3) is 0.250. The number of rotatable bonds is 2. The standard InChI is InChI=1S/C8H8BrFO2/c9-7-2-1-5(11)3-6(7)8(12)4-10/h1-3,8,11-12H,4H2/t8-/m0/s1. The Balaban J connectivity index is 3.04. The van der Waals surface area contributed by atoms with Gasteiger partial charge in [-0.3, -0.25) is 0 Å². The fourth-order valence-corrected chi connectivity index (χ4v) is 1.38. The quantitative estimate of drug-likeness (QED) is 0.824. The number of benzene rings is 1. The lowest BCUT2D eigenvalue weighted by Crippen LogP contribution is -1.99. The van der Waals surface area contributed by atoms with E-state index in [9.17, 15) is 4.39 Å². The highest BCUT2D eigenvalue weighted by Gasteiger charge is 2.10. The average molecular weight is 235 g/mol. The molecule has 0 saturated carbocycles. The monoisotopic (exact) mass is 234 g/mol. The van der Waals surface area contributed by atoms with E-state index in [1.54, 1.807) is 6.07 Å². The van der Waals surface area contributed by atoms with Crippen LogP contribution in [0.25, 0.3) is 0 Å². The zero-order chi connectivity index (χ0) is 9.14. The molecular formula is C8H8BrFO2. The molecule has 0 unspecified atom stereocenters. The molecule has 1 atom stereocenters. The van der Waals surface area contributed by atoms with Gasteiger partial charge in [0.15, 0.2) is 0 Å². The third-order valence-electron chi connectivity index (χ3n) is 1.48. The molecule has 0 fully saturated rings. The predicted molar refractivity (Wildman–Crippen MR) is 46.7 cm³/mol. The van der Waals surface area contributed by atoms with Gasteiger partial charge in [-0.05, 0) is 18.2 Å². The van der Waals surface area contributed by atoms with E-state index in [4.69, 9.17) is 10.2 Å². The van der Waals surface area contributed by atoms with Crippen molar-refractivity contribution < 1.29 is 14.6 Å². The highest BCUT2D eigenvalue weighted by atomic mass is 79.9. The van der Waals surface area contributed by atoms with Crippen molar-refractivity contribution >= 4 is 15.9 Å². The van der Waals surface area contributed by atoms with Crippen molar-refractivity contribution in [3.63, 3.8) is 0 Å². The number of halogens is 2. The molecule has 0 amide bonds. The Morgan fingerprint density at radius 3 is 2.75 bits per heavy atom. The maximum Gasteiger partial charge on any atom is 0.120 e. The van der Waals surface area contributed by atoms with Crippen molar-refractivity contribution in [2.24, 2.45) is 0 Å². The number of aromatic hydroxyl groups is 1. The van der Waals surface area contributed by atoms with Crippen molar-refractivity contribution in [3.05, 3.63) is 28.2 Å². The van der Waals surface area contributed by atoms with E-state index in [2.05, 4.69) is 15.9 Å². The van der Waals surface area contributed by atoms with Gasteiger partial charge >= 0.3 is 0 Å². The topological polar surface area (TPSA) is 40.5 Å². The summed E-state index contributed by atoms with van der Waals surface area (Å²) in [6.45, 7) is -0.859. The number of phenolic OH excluding ortho intramolecular Hbond substituents is 1. The Kier molecular flexibility index (Phi) is 3.05. The average Bonchev–Trinajstić information content (AvgIpc) is 2.08. The number of hydrogen-bond donors (Lipinski definition) is 2. The van der Waals surface area contributed by atoms with Crippen LogP contribution >= 0.6 is 15.9 Å². The molecule has 1 rings (SSSR count). The summed E-state index contributed by atoms with van der Waals surface area (Å²) in [5, 5.41) is 18.1. The van der Waals surface area contributed by atoms with Crippen LogP contribution in [0.3, 0.4) is 0 Å².